The van der Waals surface area contributed by atoms with Crippen LogP contribution in [0.15, 0.2) is 18.2 Å². The zero-order valence-electron chi connectivity index (χ0n) is 11.9. The Morgan fingerprint density at radius 1 is 1.32 bits per heavy atom. The first-order chi connectivity index (χ1) is 9.10. The van der Waals surface area contributed by atoms with Gasteiger partial charge in [-0.2, -0.15) is 0 Å². The van der Waals surface area contributed by atoms with E-state index in [-0.39, 0.29) is 12.6 Å². The summed E-state index contributed by atoms with van der Waals surface area (Å²) in [5.41, 5.74) is 6.81. The normalized spacial score (nSPS) is 12.5. The van der Waals surface area contributed by atoms with Crippen molar-refractivity contribution in [3.63, 3.8) is 0 Å². The lowest BCUT2D eigenvalue weighted by Gasteiger charge is -2.20. The van der Waals surface area contributed by atoms with Gasteiger partial charge < -0.3 is 25.2 Å². The molecule has 3 N–H and O–H groups in total. The summed E-state index contributed by atoms with van der Waals surface area (Å²) < 4.78 is 10.6. The van der Waals surface area contributed by atoms with E-state index in [0.717, 1.165) is 30.0 Å². The molecule has 0 saturated heterocycles. The van der Waals surface area contributed by atoms with Gasteiger partial charge in [0.05, 0.1) is 20.8 Å². The fourth-order valence-corrected chi connectivity index (χ4v) is 1.94. The first-order valence-electron chi connectivity index (χ1n) is 6.36. The molecule has 0 aliphatic rings. The topological polar surface area (TPSA) is 68.0 Å². The van der Waals surface area contributed by atoms with Crippen LogP contribution < -0.4 is 15.2 Å². The van der Waals surface area contributed by atoms with E-state index in [2.05, 4.69) is 4.90 Å². The highest BCUT2D eigenvalue weighted by molar-refractivity contribution is 5.40. The van der Waals surface area contributed by atoms with Gasteiger partial charge in [-0.05, 0) is 37.2 Å². The fraction of sp³-hybridized carbons (Fsp3) is 0.571. The molecular weight excluding hydrogens is 244 g/mol. The van der Waals surface area contributed by atoms with Crippen LogP contribution >= 0.6 is 0 Å². The first-order valence-corrected chi connectivity index (χ1v) is 6.36. The molecule has 0 bridgehead atoms. The van der Waals surface area contributed by atoms with Gasteiger partial charge in [0.2, 0.25) is 0 Å². The predicted octanol–water partition coefficient (Wildman–Crippen LogP) is 0.498. The zero-order valence-corrected chi connectivity index (χ0v) is 11.9. The lowest BCUT2D eigenvalue weighted by Crippen LogP contribution is -2.38. The highest BCUT2D eigenvalue weighted by atomic mass is 16.5. The summed E-state index contributed by atoms with van der Waals surface area (Å²) in [7, 11) is 5.30. The Bertz CT molecular complexity index is 385. The molecule has 0 radical (unpaired) electrons. The van der Waals surface area contributed by atoms with E-state index in [0.29, 0.717) is 6.54 Å². The molecule has 19 heavy (non-hydrogen) atoms. The van der Waals surface area contributed by atoms with Gasteiger partial charge in [0, 0.05) is 19.1 Å². The average Bonchev–Trinajstić information content (AvgIpc) is 2.44. The average molecular weight is 268 g/mol. The molecule has 5 heteroatoms. The zero-order chi connectivity index (χ0) is 14.3. The Hall–Kier alpha value is -1.30. The standard InChI is InChI=1S/C14H24N2O3/c1-16(9-12(15)10-17)7-6-11-8-13(18-2)4-5-14(11)19-3/h4-5,8,12,17H,6-7,9-10,15H2,1-3H3. The Morgan fingerprint density at radius 3 is 2.63 bits per heavy atom. The molecule has 0 aliphatic carbocycles. The lowest BCUT2D eigenvalue weighted by molar-refractivity contribution is 0.222. The van der Waals surface area contributed by atoms with Crippen molar-refractivity contribution < 1.29 is 14.6 Å². The number of rotatable bonds is 8. The minimum Gasteiger partial charge on any atom is -0.497 e. The molecule has 0 aliphatic heterocycles. The van der Waals surface area contributed by atoms with E-state index in [1.165, 1.54) is 0 Å². The largest absolute Gasteiger partial charge is 0.497 e. The van der Waals surface area contributed by atoms with Crippen LogP contribution in [0, 0.1) is 0 Å². The molecule has 1 unspecified atom stereocenters. The van der Waals surface area contributed by atoms with Crippen LogP contribution in [0.5, 0.6) is 11.5 Å². The highest BCUT2D eigenvalue weighted by Gasteiger charge is 2.09. The third-order valence-corrected chi connectivity index (χ3v) is 3.03. The SMILES string of the molecule is COc1ccc(OC)c(CCN(C)CC(N)CO)c1. The number of hydrogen-bond acceptors (Lipinski definition) is 5. The lowest BCUT2D eigenvalue weighted by atomic mass is 10.1. The third-order valence-electron chi connectivity index (χ3n) is 3.03. The fourth-order valence-electron chi connectivity index (χ4n) is 1.94. The summed E-state index contributed by atoms with van der Waals surface area (Å²) in [6.07, 6.45) is 0.842. The number of aliphatic hydroxyl groups is 1. The highest BCUT2D eigenvalue weighted by Crippen LogP contribution is 2.24. The molecule has 0 saturated carbocycles. The second-order valence-corrected chi connectivity index (χ2v) is 4.63. The minimum absolute atomic E-state index is 0.00677. The summed E-state index contributed by atoms with van der Waals surface area (Å²) >= 11 is 0. The van der Waals surface area contributed by atoms with E-state index < -0.39 is 0 Å². The van der Waals surface area contributed by atoms with E-state index in [9.17, 15) is 0 Å². The van der Waals surface area contributed by atoms with Crippen molar-refractivity contribution >= 4 is 0 Å². The van der Waals surface area contributed by atoms with Crippen molar-refractivity contribution in [2.75, 3.05) is 41.0 Å². The van der Waals surface area contributed by atoms with E-state index in [1.807, 2.05) is 25.2 Å². The van der Waals surface area contributed by atoms with Crippen molar-refractivity contribution in [1.82, 2.24) is 4.90 Å². The number of ether oxygens (including phenoxy) is 2. The van der Waals surface area contributed by atoms with Crippen LogP contribution in [-0.2, 0) is 6.42 Å². The van der Waals surface area contributed by atoms with Gasteiger partial charge in [0.25, 0.3) is 0 Å². The van der Waals surface area contributed by atoms with Crippen LogP contribution in [-0.4, -0.2) is 57.0 Å². The number of benzene rings is 1. The molecule has 108 valence electrons. The quantitative estimate of drug-likeness (QED) is 0.718. The van der Waals surface area contributed by atoms with E-state index in [4.69, 9.17) is 20.3 Å². The smallest absolute Gasteiger partial charge is 0.122 e. The number of methoxy groups -OCH3 is 2. The van der Waals surface area contributed by atoms with Gasteiger partial charge in [0.15, 0.2) is 0 Å². The van der Waals surface area contributed by atoms with E-state index in [1.54, 1.807) is 14.2 Å². The molecule has 0 aromatic heterocycles. The Morgan fingerprint density at radius 2 is 2.05 bits per heavy atom. The van der Waals surface area contributed by atoms with Crippen LogP contribution in [0.3, 0.4) is 0 Å². The van der Waals surface area contributed by atoms with Crippen molar-refractivity contribution in [3.05, 3.63) is 23.8 Å². The molecule has 0 spiro atoms. The van der Waals surface area contributed by atoms with Gasteiger partial charge in [-0.25, -0.2) is 0 Å². The maximum Gasteiger partial charge on any atom is 0.122 e. The molecule has 0 heterocycles. The molecule has 1 aromatic rings. The maximum absolute atomic E-state index is 8.93. The molecule has 0 fully saturated rings. The molecular formula is C14H24N2O3. The monoisotopic (exact) mass is 268 g/mol. The van der Waals surface area contributed by atoms with Crippen LogP contribution in [0.25, 0.3) is 0 Å². The summed E-state index contributed by atoms with van der Waals surface area (Å²) in [4.78, 5) is 2.10. The molecule has 1 aromatic carbocycles. The Balaban J connectivity index is 2.60. The van der Waals surface area contributed by atoms with Crippen molar-refractivity contribution in [3.8, 4) is 11.5 Å². The second-order valence-electron chi connectivity index (χ2n) is 4.63. The van der Waals surface area contributed by atoms with Crippen molar-refractivity contribution in [1.29, 1.82) is 0 Å². The number of nitrogens with two attached hydrogens (primary N) is 1. The predicted molar refractivity (Wildman–Crippen MR) is 75.8 cm³/mol. The molecule has 1 atom stereocenters. The van der Waals surface area contributed by atoms with E-state index >= 15 is 0 Å². The third kappa shape index (κ3) is 5.06. The van der Waals surface area contributed by atoms with Gasteiger partial charge in [-0.3, -0.25) is 0 Å². The molecule has 0 amide bonds. The summed E-state index contributed by atoms with van der Waals surface area (Å²) in [6, 6.07) is 5.58. The van der Waals surface area contributed by atoms with Crippen molar-refractivity contribution in [2.24, 2.45) is 5.73 Å². The first kappa shape index (κ1) is 15.8. The number of hydrogen-bond donors (Lipinski definition) is 2. The van der Waals surface area contributed by atoms with Crippen LogP contribution in [0.4, 0.5) is 0 Å². The summed E-state index contributed by atoms with van der Waals surface area (Å²) in [5.74, 6) is 1.69. The van der Waals surface area contributed by atoms with Crippen molar-refractivity contribution in [2.45, 2.75) is 12.5 Å². The van der Waals surface area contributed by atoms with Gasteiger partial charge >= 0.3 is 0 Å². The minimum atomic E-state index is -0.197. The summed E-state index contributed by atoms with van der Waals surface area (Å²) in [5, 5.41) is 8.93. The summed E-state index contributed by atoms with van der Waals surface area (Å²) in [6.45, 7) is 1.52. The van der Waals surface area contributed by atoms with Crippen LogP contribution in [0.1, 0.15) is 5.56 Å². The Kier molecular flexibility index (Phi) is 6.62. The van der Waals surface area contributed by atoms with Crippen LogP contribution in [0.2, 0.25) is 0 Å². The maximum atomic E-state index is 8.93. The van der Waals surface area contributed by atoms with Gasteiger partial charge in [-0.15, -0.1) is 0 Å². The number of aliphatic hydroxyl groups excluding tert-OH is 1. The second kappa shape index (κ2) is 7.99. The Labute approximate surface area is 114 Å². The van der Waals surface area contributed by atoms with Gasteiger partial charge in [0.1, 0.15) is 11.5 Å². The number of nitrogens with zero attached hydrogens (tertiary/aromatic N) is 1. The molecule has 1 rings (SSSR count). The molecule has 5 nitrogen and oxygen atoms in total. The number of likely N-dealkylation sites (N-methyl/N-ethyl adjacent to an activating group) is 1. The van der Waals surface area contributed by atoms with Gasteiger partial charge in [-0.1, -0.05) is 0 Å².